The summed E-state index contributed by atoms with van der Waals surface area (Å²) < 4.78 is 27.4. The lowest BCUT2D eigenvalue weighted by atomic mass is 9.99. The van der Waals surface area contributed by atoms with E-state index < -0.39 is 10.0 Å². The van der Waals surface area contributed by atoms with Crippen LogP contribution < -0.4 is 10.0 Å². The molecule has 1 unspecified atom stereocenters. The van der Waals surface area contributed by atoms with E-state index in [1.807, 2.05) is 19.9 Å². The Hall–Kier alpha value is -0.910. The molecule has 1 aromatic rings. The van der Waals surface area contributed by atoms with Crippen LogP contribution in [0.25, 0.3) is 0 Å². The molecule has 120 valence electrons. The van der Waals surface area contributed by atoms with Crippen LogP contribution in [0.1, 0.15) is 38.8 Å². The van der Waals surface area contributed by atoms with Gasteiger partial charge in [0.1, 0.15) is 0 Å². The third-order valence-electron chi connectivity index (χ3n) is 3.93. The largest absolute Gasteiger partial charge is 0.313 e. The average Bonchev–Trinajstić information content (AvgIpc) is 2.43. The van der Waals surface area contributed by atoms with E-state index >= 15 is 0 Å². The molecule has 0 saturated heterocycles. The van der Waals surface area contributed by atoms with Crippen LogP contribution >= 0.6 is 0 Å². The second-order valence-electron chi connectivity index (χ2n) is 5.94. The van der Waals surface area contributed by atoms with Gasteiger partial charge in [0.25, 0.3) is 0 Å². The Morgan fingerprint density at radius 1 is 1.19 bits per heavy atom. The van der Waals surface area contributed by atoms with Crippen molar-refractivity contribution in [1.82, 2.24) is 10.0 Å². The fourth-order valence-corrected chi connectivity index (χ4v) is 3.02. The third-order valence-corrected chi connectivity index (χ3v) is 5.35. The van der Waals surface area contributed by atoms with E-state index in [1.54, 1.807) is 12.1 Å². The first-order valence-electron chi connectivity index (χ1n) is 7.57. The minimum Gasteiger partial charge on any atom is -0.313 e. The zero-order valence-corrected chi connectivity index (χ0v) is 14.5. The van der Waals surface area contributed by atoms with Gasteiger partial charge < -0.3 is 5.32 Å². The first kappa shape index (κ1) is 18.1. The van der Waals surface area contributed by atoms with Crippen LogP contribution in [0.15, 0.2) is 23.1 Å². The van der Waals surface area contributed by atoms with Crippen molar-refractivity contribution >= 4 is 10.0 Å². The smallest absolute Gasteiger partial charge is 0.240 e. The second kappa shape index (κ2) is 7.92. The maximum atomic E-state index is 12.4. The molecule has 1 aromatic carbocycles. The summed E-state index contributed by atoms with van der Waals surface area (Å²) in [4.78, 5) is 0.344. The Morgan fingerprint density at radius 3 is 2.43 bits per heavy atom. The Kier molecular flexibility index (Phi) is 6.84. The van der Waals surface area contributed by atoms with Crippen LogP contribution in [-0.4, -0.2) is 21.5 Å². The molecule has 1 rings (SSSR count). The van der Waals surface area contributed by atoms with E-state index in [0.717, 1.165) is 17.7 Å². The van der Waals surface area contributed by atoms with Crippen LogP contribution in [0, 0.1) is 18.8 Å². The molecule has 0 saturated carbocycles. The lowest BCUT2D eigenvalue weighted by Gasteiger charge is -2.17. The van der Waals surface area contributed by atoms with E-state index in [4.69, 9.17) is 0 Å². The SMILES string of the molecule is CCNCc1cc(S(=O)(=O)NCC(C)C(C)C)ccc1C. The molecule has 1 atom stereocenters. The van der Waals surface area contributed by atoms with Crippen molar-refractivity contribution in [2.45, 2.75) is 46.1 Å². The fraction of sp³-hybridized carbons (Fsp3) is 0.625. The first-order chi connectivity index (χ1) is 9.77. The Morgan fingerprint density at radius 2 is 1.86 bits per heavy atom. The molecular weight excluding hydrogens is 284 g/mol. The molecule has 0 heterocycles. The minimum absolute atomic E-state index is 0.312. The van der Waals surface area contributed by atoms with Crippen molar-refractivity contribution in [2.75, 3.05) is 13.1 Å². The van der Waals surface area contributed by atoms with Crippen molar-refractivity contribution in [2.24, 2.45) is 11.8 Å². The summed E-state index contributed by atoms with van der Waals surface area (Å²) in [5.74, 6) is 0.765. The summed E-state index contributed by atoms with van der Waals surface area (Å²) in [7, 11) is -3.43. The molecular formula is C16H28N2O2S. The highest BCUT2D eigenvalue weighted by molar-refractivity contribution is 7.89. The first-order valence-corrected chi connectivity index (χ1v) is 9.06. The van der Waals surface area contributed by atoms with Gasteiger partial charge >= 0.3 is 0 Å². The van der Waals surface area contributed by atoms with Gasteiger partial charge in [-0.2, -0.15) is 0 Å². The summed E-state index contributed by atoms with van der Waals surface area (Å²) in [5.41, 5.74) is 2.13. The highest BCUT2D eigenvalue weighted by Crippen LogP contribution is 2.16. The highest BCUT2D eigenvalue weighted by Gasteiger charge is 2.17. The minimum atomic E-state index is -3.43. The highest BCUT2D eigenvalue weighted by atomic mass is 32.2. The summed E-state index contributed by atoms with van der Waals surface area (Å²) >= 11 is 0. The number of hydrogen-bond acceptors (Lipinski definition) is 3. The monoisotopic (exact) mass is 312 g/mol. The lowest BCUT2D eigenvalue weighted by Crippen LogP contribution is -2.30. The van der Waals surface area contributed by atoms with E-state index in [2.05, 4.69) is 30.8 Å². The van der Waals surface area contributed by atoms with Crippen molar-refractivity contribution in [1.29, 1.82) is 0 Å². The van der Waals surface area contributed by atoms with E-state index in [0.29, 0.717) is 29.8 Å². The number of hydrogen-bond donors (Lipinski definition) is 2. The van der Waals surface area contributed by atoms with Crippen molar-refractivity contribution < 1.29 is 8.42 Å². The normalized spacial score (nSPS) is 13.6. The second-order valence-corrected chi connectivity index (χ2v) is 7.71. The predicted octanol–water partition coefficient (Wildman–Crippen LogP) is 2.67. The number of nitrogens with one attached hydrogen (secondary N) is 2. The molecule has 0 spiro atoms. The summed E-state index contributed by atoms with van der Waals surface area (Å²) in [6.07, 6.45) is 0. The maximum Gasteiger partial charge on any atom is 0.240 e. The van der Waals surface area contributed by atoms with Gasteiger partial charge in [-0.15, -0.1) is 0 Å². The Balaban J connectivity index is 2.88. The van der Waals surface area contributed by atoms with Gasteiger partial charge in [0.2, 0.25) is 10.0 Å². The van der Waals surface area contributed by atoms with Crippen molar-refractivity contribution in [3.05, 3.63) is 29.3 Å². The molecule has 21 heavy (non-hydrogen) atoms. The molecule has 0 aliphatic carbocycles. The van der Waals surface area contributed by atoms with Crippen molar-refractivity contribution in [3.8, 4) is 0 Å². The van der Waals surface area contributed by atoms with Crippen LogP contribution in [0.2, 0.25) is 0 Å². The van der Waals surface area contributed by atoms with Crippen LogP contribution in [0.3, 0.4) is 0 Å². The summed E-state index contributed by atoms with van der Waals surface area (Å²) in [6, 6.07) is 5.31. The molecule has 5 heteroatoms. The van der Waals surface area contributed by atoms with Gasteiger partial charge in [-0.3, -0.25) is 0 Å². The van der Waals surface area contributed by atoms with E-state index in [-0.39, 0.29) is 0 Å². The number of rotatable bonds is 8. The van der Waals surface area contributed by atoms with Gasteiger partial charge in [0, 0.05) is 13.1 Å². The standard InChI is InChI=1S/C16H28N2O2S/c1-6-17-11-15-9-16(8-7-13(15)4)21(19,20)18-10-14(5)12(2)3/h7-9,12,14,17-18H,6,10-11H2,1-5H3. The van der Waals surface area contributed by atoms with Gasteiger partial charge in [0.15, 0.2) is 0 Å². The topological polar surface area (TPSA) is 58.2 Å². The molecule has 0 radical (unpaired) electrons. The quantitative estimate of drug-likeness (QED) is 0.776. The van der Waals surface area contributed by atoms with Crippen LogP contribution in [0.5, 0.6) is 0 Å². The number of sulfonamides is 1. The zero-order valence-electron chi connectivity index (χ0n) is 13.7. The predicted molar refractivity (Wildman–Crippen MR) is 87.8 cm³/mol. The van der Waals surface area contributed by atoms with Gasteiger partial charge in [-0.05, 0) is 48.6 Å². The summed E-state index contributed by atoms with van der Waals surface area (Å²) in [6.45, 7) is 12.3. The molecule has 0 aliphatic rings. The number of benzene rings is 1. The molecule has 0 aliphatic heterocycles. The molecule has 0 aromatic heterocycles. The maximum absolute atomic E-state index is 12.4. The van der Waals surface area contributed by atoms with Gasteiger partial charge in [0.05, 0.1) is 4.90 Å². The Labute approximate surface area is 129 Å². The van der Waals surface area contributed by atoms with Crippen LogP contribution in [0.4, 0.5) is 0 Å². The lowest BCUT2D eigenvalue weighted by molar-refractivity contribution is 0.414. The van der Waals surface area contributed by atoms with Gasteiger partial charge in [-0.1, -0.05) is 33.8 Å². The van der Waals surface area contributed by atoms with Gasteiger partial charge in [-0.25, -0.2) is 13.1 Å². The van der Waals surface area contributed by atoms with Crippen LogP contribution in [-0.2, 0) is 16.6 Å². The molecule has 0 amide bonds. The number of aryl methyl sites for hydroxylation is 1. The molecule has 2 N–H and O–H groups in total. The molecule has 4 nitrogen and oxygen atoms in total. The average molecular weight is 312 g/mol. The van der Waals surface area contributed by atoms with E-state index in [1.165, 1.54) is 0 Å². The zero-order chi connectivity index (χ0) is 16.0. The molecule has 0 fully saturated rings. The third kappa shape index (κ3) is 5.41. The van der Waals surface area contributed by atoms with E-state index in [9.17, 15) is 8.42 Å². The van der Waals surface area contributed by atoms with Crippen molar-refractivity contribution in [3.63, 3.8) is 0 Å². The summed E-state index contributed by atoms with van der Waals surface area (Å²) in [5, 5.41) is 3.23. The Bertz CT molecular complexity index is 553. The molecule has 0 bridgehead atoms. The fourth-order valence-electron chi connectivity index (χ4n) is 1.83.